The van der Waals surface area contributed by atoms with Gasteiger partial charge in [0, 0.05) is 18.7 Å². The first-order chi connectivity index (χ1) is 17.7. The standard InChI is InChI=1S/C26H35N3O8/c1-2-3-4-5-6-15-37-24-9-7-20(8-10-24)11-12-26(19-31,13-14-30)27-25(32)21-16-22(28(33)34)18-23(17-21)29(35)36/h7-10,16-18,30-31H,2-6,11-15,19H2,1H3,(H,27,32)/t26-/m0/s1. The minimum absolute atomic E-state index is 0.0193. The molecule has 202 valence electrons. The molecule has 0 radical (unpaired) electrons. The number of carbonyl (C=O) groups is 1. The van der Waals surface area contributed by atoms with Crippen LogP contribution >= 0.6 is 0 Å². The van der Waals surface area contributed by atoms with E-state index in [4.69, 9.17) is 4.74 Å². The Bertz CT molecular complexity index is 1010. The zero-order chi connectivity index (χ0) is 27.3. The van der Waals surface area contributed by atoms with Gasteiger partial charge in [-0.1, -0.05) is 44.7 Å². The van der Waals surface area contributed by atoms with Crippen LogP contribution in [0.3, 0.4) is 0 Å². The number of ether oxygens (including phenoxy) is 1. The van der Waals surface area contributed by atoms with Crippen LogP contribution in [0, 0.1) is 20.2 Å². The van der Waals surface area contributed by atoms with E-state index in [0.29, 0.717) is 13.0 Å². The normalized spacial score (nSPS) is 12.5. The highest BCUT2D eigenvalue weighted by Gasteiger charge is 2.32. The molecular weight excluding hydrogens is 482 g/mol. The molecule has 0 saturated heterocycles. The number of carbonyl (C=O) groups excluding carboxylic acids is 1. The monoisotopic (exact) mass is 517 g/mol. The minimum Gasteiger partial charge on any atom is -0.494 e. The van der Waals surface area contributed by atoms with Gasteiger partial charge in [0.05, 0.1) is 40.2 Å². The van der Waals surface area contributed by atoms with Crippen LogP contribution in [0.1, 0.15) is 67.8 Å². The Kier molecular flexibility index (Phi) is 11.9. The molecule has 37 heavy (non-hydrogen) atoms. The lowest BCUT2D eigenvalue weighted by Gasteiger charge is -2.33. The molecule has 0 bridgehead atoms. The molecule has 0 aliphatic carbocycles. The van der Waals surface area contributed by atoms with Crippen molar-refractivity contribution in [3.8, 4) is 5.75 Å². The molecule has 11 heteroatoms. The van der Waals surface area contributed by atoms with Gasteiger partial charge in [0.25, 0.3) is 17.3 Å². The molecule has 0 aromatic heterocycles. The molecule has 2 aromatic carbocycles. The predicted molar refractivity (Wildman–Crippen MR) is 138 cm³/mol. The molecule has 0 aliphatic rings. The topological polar surface area (TPSA) is 165 Å². The van der Waals surface area contributed by atoms with Gasteiger partial charge in [-0.05, 0) is 43.4 Å². The van der Waals surface area contributed by atoms with Gasteiger partial charge in [0.1, 0.15) is 5.75 Å². The third-order valence-corrected chi connectivity index (χ3v) is 6.19. The summed E-state index contributed by atoms with van der Waals surface area (Å²) in [6.07, 6.45) is 6.48. The summed E-state index contributed by atoms with van der Waals surface area (Å²) in [5, 5.41) is 44.7. The first-order valence-corrected chi connectivity index (χ1v) is 12.4. The first kappa shape index (κ1) is 29.7. The number of nitrogens with one attached hydrogen (secondary N) is 1. The molecule has 0 unspecified atom stereocenters. The van der Waals surface area contributed by atoms with Crippen molar-refractivity contribution in [1.29, 1.82) is 0 Å². The van der Waals surface area contributed by atoms with Crippen molar-refractivity contribution in [2.45, 2.75) is 63.8 Å². The van der Waals surface area contributed by atoms with Gasteiger partial charge in [-0.2, -0.15) is 0 Å². The van der Waals surface area contributed by atoms with E-state index in [1.807, 2.05) is 24.3 Å². The third-order valence-electron chi connectivity index (χ3n) is 6.19. The average molecular weight is 518 g/mol. The van der Waals surface area contributed by atoms with Crippen LogP contribution in [0.5, 0.6) is 5.75 Å². The van der Waals surface area contributed by atoms with Gasteiger partial charge in [0.2, 0.25) is 0 Å². The molecule has 0 heterocycles. The Labute approximate surface area is 215 Å². The number of nitro benzene ring substituents is 2. The highest BCUT2D eigenvalue weighted by molar-refractivity contribution is 5.96. The Hall–Kier alpha value is -3.57. The molecule has 3 N–H and O–H groups in total. The number of aryl methyl sites for hydroxylation is 1. The highest BCUT2D eigenvalue weighted by atomic mass is 16.6. The second-order valence-electron chi connectivity index (χ2n) is 9.03. The Morgan fingerprint density at radius 2 is 1.57 bits per heavy atom. The van der Waals surface area contributed by atoms with Crippen molar-refractivity contribution in [3.05, 3.63) is 73.8 Å². The third kappa shape index (κ3) is 9.43. The fourth-order valence-electron chi connectivity index (χ4n) is 3.94. The first-order valence-electron chi connectivity index (χ1n) is 12.4. The summed E-state index contributed by atoms with van der Waals surface area (Å²) in [5.74, 6) is -0.0689. The molecule has 2 aromatic rings. The number of aliphatic hydroxyl groups excluding tert-OH is 2. The maximum absolute atomic E-state index is 12.9. The van der Waals surface area contributed by atoms with E-state index in [-0.39, 0.29) is 25.0 Å². The lowest BCUT2D eigenvalue weighted by molar-refractivity contribution is -0.394. The number of nitrogens with zero attached hydrogens (tertiary/aromatic N) is 2. The van der Waals surface area contributed by atoms with Crippen molar-refractivity contribution in [1.82, 2.24) is 5.32 Å². The quantitative estimate of drug-likeness (QED) is 0.158. The van der Waals surface area contributed by atoms with Gasteiger partial charge in [-0.15, -0.1) is 0 Å². The zero-order valence-electron chi connectivity index (χ0n) is 21.1. The molecule has 11 nitrogen and oxygen atoms in total. The molecular formula is C26H35N3O8. The van der Waals surface area contributed by atoms with Crippen LogP contribution < -0.4 is 10.1 Å². The number of aliphatic hydroxyl groups is 2. The summed E-state index contributed by atoms with van der Waals surface area (Å²) in [6, 6.07) is 10.1. The van der Waals surface area contributed by atoms with Crippen LogP contribution in [-0.4, -0.2) is 51.3 Å². The predicted octanol–water partition coefficient (Wildman–Crippen LogP) is 4.33. The number of rotatable bonds is 17. The highest BCUT2D eigenvalue weighted by Crippen LogP contribution is 2.25. The van der Waals surface area contributed by atoms with Crippen molar-refractivity contribution in [3.63, 3.8) is 0 Å². The second-order valence-corrected chi connectivity index (χ2v) is 9.03. The molecule has 0 aliphatic heterocycles. The van der Waals surface area contributed by atoms with Crippen LogP contribution in [0.25, 0.3) is 0 Å². The van der Waals surface area contributed by atoms with Crippen LogP contribution in [0.15, 0.2) is 42.5 Å². The number of amides is 1. The van der Waals surface area contributed by atoms with Crippen molar-refractivity contribution >= 4 is 17.3 Å². The summed E-state index contributed by atoms with van der Waals surface area (Å²) in [6.45, 7) is 1.98. The molecule has 0 fully saturated rings. The summed E-state index contributed by atoms with van der Waals surface area (Å²) >= 11 is 0. The van der Waals surface area contributed by atoms with Crippen molar-refractivity contribution in [2.24, 2.45) is 0 Å². The van der Waals surface area contributed by atoms with E-state index < -0.39 is 39.3 Å². The average Bonchev–Trinajstić information content (AvgIpc) is 2.89. The summed E-state index contributed by atoms with van der Waals surface area (Å²) in [7, 11) is 0. The number of hydrogen-bond donors (Lipinski definition) is 3. The van der Waals surface area contributed by atoms with Crippen LogP contribution in [-0.2, 0) is 6.42 Å². The maximum Gasteiger partial charge on any atom is 0.277 e. The van der Waals surface area contributed by atoms with Crippen LogP contribution in [0.4, 0.5) is 11.4 Å². The molecule has 1 atom stereocenters. The number of hydrogen-bond acceptors (Lipinski definition) is 8. The molecule has 2 rings (SSSR count). The van der Waals surface area contributed by atoms with Gasteiger partial charge in [0.15, 0.2) is 0 Å². The van der Waals surface area contributed by atoms with E-state index in [0.717, 1.165) is 42.4 Å². The van der Waals surface area contributed by atoms with E-state index in [1.54, 1.807) is 0 Å². The Balaban J connectivity index is 2.06. The van der Waals surface area contributed by atoms with Gasteiger partial charge < -0.3 is 20.3 Å². The van der Waals surface area contributed by atoms with E-state index in [9.17, 15) is 35.2 Å². The number of unbranched alkanes of at least 4 members (excludes halogenated alkanes) is 4. The van der Waals surface area contributed by atoms with Crippen molar-refractivity contribution < 1.29 is 29.6 Å². The molecule has 0 spiro atoms. The van der Waals surface area contributed by atoms with Crippen LogP contribution in [0.2, 0.25) is 0 Å². The smallest absolute Gasteiger partial charge is 0.277 e. The fourth-order valence-corrected chi connectivity index (χ4v) is 3.94. The fraction of sp³-hybridized carbons (Fsp3) is 0.500. The van der Waals surface area contributed by atoms with Crippen molar-refractivity contribution in [2.75, 3.05) is 19.8 Å². The number of nitro groups is 2. The van der Waals surface area contributed by atoms with E-state index in [2.05, 4.69) is 12.2 Å². The summed E-state index contributed by atoms with van der Waals surface area (Å²) in [4.78, 5) is 33.6. The lowest BCUT2D eigenvalue weighted by Crippen LogP contribution is -2.52. The Morgan fingerprint density at radius 3 is 2.11 bits per heavy atom. The largest absolute Gasteiger partial charge is 0.494 e. The maximum atomic E-state index is 12.9. The second kappa shape index (κ2) is 14.9. The van der Waals surface area contributed by atoms with Gasteiger partial charge >= 0.3 is 0 Å². The zero-order valence-corrected chi connectivity index (χ0v) is 21.1. The lowest BCUT2D eigenvalue weighted by atomic mass is 9.88. The van der Waals surface area contributed by atoms with Gasteiger partial charge in [-0.25, -0.2) is 0 Å². The number of benzene rings is 2. The molecule has 1 amide bonds. The van der Waals surface area contributed by atoms with Gasteiger partial charge in [-0.3, -0.25) is 25.0 Å². The summed E-state index contributed by atoms with van der Waals surface area (Å²) < 4.78 is 5.77. The van der Waals surface area contributed by atoms with E-state index >= 15 is 0 Å². The summed E-state index contributed by atoms with van der Waals surface area (Å²) in [5.41, 5.74) is -1.79. The SMILES string of the molecule is CCCCCCCOc1ccc(CC[C@@](CO)(CCO)NC(=O)c2cc([N+](=O)[O-])cc([N+](=O)[O-])c2)cc1. The minimum atomic E-state index is -1.24. The van der Waals surface area contributed by atoms with E-state index in [1.165, 1.54) is 19.3 Å². The molecule has 0 saturated carbocycles. The number of non-ortho nitro benzene ring substituents is 2. The Morgan fingerprint density at radius 1 is 0.946 bits per heavy atom.